The van der Waals surface area contributed by atoms with Gasteiger partial charge in [0.1, 0.15) is 12.4 Å². The van der Waals surface area contributed by atoms with Crippen molar-refractivity contribution in [3.63, 3.8) is 0 Å². The molecular formula is C14H16BrNOS. The van der Waals surface area contributed by atoms with Crippen LogP contribution in [0.1, 0.15) is 29.0 Å². The molecule has 0 aliphatic heterocycles. The van der Waals surface area contributed by atoms with Gasteiger partial charge in [-0.15, -0.1) is 11.3 Å². The Kier molecular flexibility index (Phi) is 4.43. The van der Waals surface area contributed by atoms with Crippen LogP contribution in [0.3, 0.4) is 0 Å². The van der Waals surface area contributed by atoms with Gasteiger partial charge in [0, 0.05) is 10.9 Å². The van der Waals surface area contributed by atoms with E-state index in [4.69, 9.17) is 10.5 Å². The summed E-state index contributed by atoms with van der Waals surface area (Å²) < 4.78 is 6.95. The molecule has 1 aromatic heterocycles. The van der Waals surface area contributed by atoms with Crippen LogP contribution in [-0.2, 0) is 6.61 Å². The first-order chi connectivity index (χ1) is 8.56. The smallest absolute Gasteiger partial charge is 0.122 e. The van der Waals surface area contributed by atoms with E-state index in [-0.39, 0.29) is 6.04 Å². The summed E-state index contributed by atoms with van der Waals surface area (Å²) >= 11 is 5.14. The van der Waals surface area contributed by atoms with Crippen molar-refractivity contribution in [3.05, 3.63) is 50.1 Å². The Balaban J connectivity index is 2.05. The van der Waals surface area contributed by atoms with Crippen LogP contribution in [0.5, 0.6) is 5.75 Å². The lowest BCUT2D eigenvalue weighted by Gasteiger charge is -2.11. The van der Waals surface area contributed by atoms with Crippen LogP contribution in [0, 0.1) is 6.92 Å². The van der Waals surface area contributed by atoms with Gasteiger partial charge in [-0.2, -0.15) is 0 Å². The molecule has 0 aliphatic carbocycles. The summed E-state index contributed by atoms with van der Waals surface area (Å²) in [6.07, 6.45) is 0. The molecule has 0 amide bonds. The SMILES string of the molecule is Cc1cc(C(C)N)ccc1OCc1ccc(Br)s1. The zero-order valence-electron chi connectivity index (χ0n) is 10.4. The molecule has 0 aliphatic rings. The fourth-order valence-electron chi connectivity index (χ4n) is 1.70. The highest BCUT2D eigenvalue weighted by atomic mass is 79.9. The lowest BCUT2D eigenvalue weighted by molar-refractivity contribution is 0.307. The Bertz CT molecular complexity index is 536. The molecule has 2 rings (SSSR count). The average molecular weight is 326 g/mol. The molecule has 1 unspecified atom stereocenters. The van der Waals surface area contributed by atoms with Gasteiger partial charge in [-0.25, -0.2) is 0 Å². The van der Waals surface area contributed by atoms with E-state index in [9.17, 15) is 0 Å². The van der Waals surface area contributed by atoms with Gasteiger partial charge in [-0.05, 0) is 59.1 Å². The Morgan fingerprint density at radius 3 is 2.67 bits per heavy atom. The van der Waals surface area contributed by atoms with Crippen molar-refractivity contribution < 1.29 is 4.74 Å². The third kappa shape index (κ3) is 3.34. The summed E-state index contributed by atoms with van der Waals surface area (Å²) in [5.74, 6) is 0.920. The number of benzene rings is 1. The highest BCUT2D eigenvalue weighted by molar-refractivity contribution is 9.11. The summed E-state index contributed by atoms with van der Waals surface area (Å²) in [6, 6.07) is 10.3. The molecule has 0 saturated heterocycles. The number of hydrogen-bond acceptors (Lipinski definition) is 3. The molecule has 18 heavy (non-hydrogen) atoms. The molecule has 1 heterocycles. The quantitative estimate of drug-likeness (QED) is 0.903. The normalized spacial score (nSPS) is 12.4. The minimum Gasteiger partial charge on any atom is -0.488 e. The first-order valence-electron chi connectivity index (χ1n) is 5.79. The highest BCUT2D eigenvalue weighted by Crippen LogP contribution is 2.26. The molecule has 2 nitrogen and oxygen atoms in total. The first kappa shape index (κ1) is 13.6. The van der Waals surface area contributed by atoms with Gasteiger partial charge in [0.05, 0.1) is 3.79 Å². The second kappa shape index (κ2) is 5.87. The maximum Gasteiger partial charge on any atom is 0.122 e. The van der Waals surface area contributed by atoms with Crippen LogP contribution in [0.2, 0.25) is 0 Å². The van der Waals surface area contributed by atoms with E-state index < -0.39 is 0 Å². The Labute approximate surface area is 120 Å². The minimum absolute atomic E-state index is 0.0611. The predicted octanol–water partition coefficient (Wildman–Crippen LogP) is 4.42. The van der Waals surface area contributed by atoms with E-state index >= 15 is 0 Å². The summed E-state index contributed by atoms with van der Waals surface area (Å²) in [4.78, 5) is 1.21. The van der Waals surface area contributed by atoms with Crippen LogP contribution in [0.15, 0.2) is 34.1 Å². The maximum atomic E-state index is 5.86. The number of ether oxygens (including phenoxy) is 1. The molecule has 0 fully saturated rings. The van der Waals surface area contributed by atoms with Gasteiger partial charge in [0.15, 0.2) is 0 Å². The molecule has 0 bridgehead atoms. The van der Waals surface area contributed by atoms with Crippen molar-refractivity contribution in [2.24, 2.45) is 5.73 Å². The third-order valence-corrected chi connectivity index (χ3v) is 4.32. The Morgan fingerprint density at radius 2 is 2.11 bits per heavy atom. The molecule has 0 spiro atoms. The molecule has 96 valence electrons. The number of hydrogen-bond donors (Lipinski definition) is 1. The molecule has 1 aromatic carbocycles. The van der Waals surface area contributed by atoms with Crippen molar-refractivity contribution in [2.45, 2.75) is 26.5 Å². The molecule has 2 N–H and O–H groups in total. The minimum atomic E-state index is 0.0611. The van der Waals surface area contributed by atoms with Crippen molar-refractivity contribution >= 4 is 27.3 Å². The van der Waals surface area contributed by atoms with Gasteiger partial charge < -0.3 is 10.5 Å². The molecule has 2 aromatic rings. The van der Waals surface area contributed by atoms with E-state index in [2.05, 4.69) is 28.1 Å². The maximum absolute atomic E-state index is 5.86. The van der Waals surface area contributed by atoms with Gasteiger partial charge >= 0.3 is 0 Å². The van der Waals surface area contributed by atoms with Crippen LogP contribution in [-0.4, -0.2) is 0 Å². The van der Waals surface area contributed by atoms with Crippen molar-refractivity contribution in [3.8, 4) is 5.75 Å². The highest BCUT2D eigenvalue weighted by Gasteiger charge is 2.05. The van der Waals surface area contributed by atoms with Crippen LogP contribution < -0.4 is 10.5 Å². The lowest BCUT2D eigenvalue weighted by Crippen LogP contribution is -2.05. The van der Waals surface area contributed by atoms with Crippen molar-refractivity contribution in [2.75, 3.05) is 0 Å². The molecule has 4 heteroatoms. The molecular weight excluding hydrogens is 310 g/mol. The molecule has 0 radical (unpaired) electrons. The van der Waals surface area contributed by atoms with E-state index in [0.29, 0.717) is 6.61 Å². The van der Waals surface area contributed by atoms with Gasteiger partial charge in [0.2, 0.25) is 0 Å². The molecule has 0 saturated carbocycles. The predicted molar refractivity (Wildman–Crippen MR) is 80.1 cm³/mol. The summed E-state index contributed by atoms with van der Waals surface area (Å²) in [6.45, 7) is 4.64. The number of halogens is 1. The van der Waals surface area contributed by atoms with E-state index in [0.717, 1.165) is 20.7 Å². The molecule has 1 atom stereocenters. The van der Waals surface area contributed by atoms with E-state index in [1.54, 1.807) is 11.3 Å². The van der Waals surface area contributed by atoms with Crippen molar-refractivity contribution in [1.82, 2.24) is 0 Å². The van der Waals surface area contributed by atoms with Gasteiger partial charge in [-0.1, -0.05) is 12.1 Å². The van der Waals surface area contributed by atoms with Crippen LogP contribution in [0.25, 0.3) is 0 Å². The zero-order valence-corrected chi connectivity index (χ0v) is 12.8. The van der Waals surface area contributed by atoms with Crippen molar-refractivity contribution in [1.29, 1.82) is 0 Å². The fourth-order valence-corrected chi connectivity index (χ4v) is 3.09. The summed E-state index contributed by atoms with van der Waals surface area (Å²) in [5, 5.41) is 0. The Morgan fingerprint density at radius 1 is 1.33 bits per heavy atom. The number of thiophene rings is 1. The zero-order chi connectivity index (χ0) is 13.1. The van der Waals surface area contributed by atoms with Crippen LogP contribution >= 0.6 is 27.3 Å². The standard InChI is InChI=1S/C14H16BrNOS/c1-9-7-11(10(2)16)3-5-13(9)17-8-12-4-6-14(15)18-12/h3-7,10H,8,16H2,1-2H3. The monoisotopic (exact) mass is 325 g/mol. The van der Waals surface area contributed by atoms with Crippen LogP contribution in [0.4, 0.5) is 0 Å². The number of nitrogens with two attached hydrogens (primary N) is 1. The second-order valence-electron chi connectivity index (χ2n) is 4.31. The van der Waals surface area contributed by atoms with E-state index in [1.807, 2.05) is 32.0 Å². The third-order valence-electron chi connectivity index (χ3n) is 2.72. The average Bonchev–Trinajstić information content (AvgIpc) is 2.73. The van der Waals surface area contributed by atoms with E-state index in [1.165, 1.54) is 4.88 Å². The largest absolute Gasteiger partial charge is 0.488 e. The summed E-state index contributed by atoms with van der Waals surface area (Å²) in [5.41, 5.74) is 8.12. The fraction of sp³-hybridized carbons (Fsp3) is 0.286. The second-order valence-corrected chi connectivity index (χ2v) is 6.86. The topological polar surface area (TPSA) is 35.2 Å². The summed E-state index contributed by atoms with van der Waals surface area (Å²) in [7, 11) is 0. The number of aryl methyl sites for hydroxylation is 1. The first-order valence-corrected chi connectivity index (χ1v) is 7.40. The lowest BCUT2D eigenvalue weighted by atomic mass is 10.1. The van der Waals surface area contributed by atoms with Gasteiger partial charge in [-0.3, -0.25) is 0 Å². The van der Waals surface area contributed by atoms with Gasteiger partial charge in [0.25, 0.3) is 0 Å². The Hall–Kier alpha value is -0.840. The number of rotatable bonds is 4.